The van der Waals surface area contributed by atoms with Crippen LogP contribution >= 0.6 is 0 Å². The normalized spacial score (nSPS) is 44.9. The van der Waals surface area contributed by atoms with Gasteiger partial charge in [-0.05, 0) is 18.3 Å². The highest BCUT2D eigenvalue weighted by Crippen LogP contribution is 2.28. The van der Waals surface area contributed by atoms with E-state index >= 15 is 0 Å². The predicted octanol–water partition coefficient (Wildman–Crippen LogP) is 1.54. The molecule has 2 atom stereocenters. The number of amides is 1. The average molecular weight is 327 g/mol. The Hall–Kier alpha value is -2.62. The Kier molecular flexibility index (Phi) is 1.49. The van der Waals surface area contributed by atoms with Crippen molar-refractivity contribution in [3.8, 4) is 6.07 Å². The van der Waals surface area contributed by atoms with E-state index in [9.17, 15) is 4.79 Å². The molecule has 1 N–H and O–H groups in total. The van der Waals surface area contributed by atoms with Crippen molar-refractivity contribution in [2.24, 2.45) is 5.89 Å². The third-order valence-corrected chi connectivity index (χ3v) is 2.93. The van der Waals surface area contributed by atoms with Crippen molar-refractivity contribution in [1.82, 2.24) is 19.9 Å². The van der Waals surface area contributed by atoms with Crippen molar-refractivity contribution in [1.29, 1.82) is 5.26 Å². The number of likely N-dealkylation sites (tertiary alicyclic amines) is 1. The SMILES string of the molecule is [2H]c1[nH]c2ncnc(N(C([2H])([2H])[2H])[C@@]3([2H])C([2H])([2H])N(C(=O)C([2H])([2H])C#N)C([2H])([2H])C([2H])([2H])[C@@]3([2H])C)c2c1[2H]. The lowest BCUT2D eigenvalue weighted by atomic mass is 9.92. The van der Waals surface area contributed by atoms with Crippen molar-refractivity contribution in [3.63, 3.8) is 0 Å². The van der Waals surface area contributed by atoms with Crippen LogP contribution in [0.25, 0.3) is 11.0 Å². The minimum absolute atomic E-state index is 0.183. The average Bonchev–Trinajstić information content (AvgIpc) is 3.05. The fourth-order valence-electron chi connectivity index (χ4n) is 1.85. The maximum absolute atomic E-state index is 13.0. The van der Waals surface area contributed by atoms with E-state index in [0.29, 0.717) is 6.92 Å². The van der Waals surface area contributed by atoms with Crippen LogP contribution in [0.4, 0.5) is 5.82 Å². The summed E-state index contributed by atoms with van der Waals surface area (Å²) in [6.07, 6.45) is -7.32. The number of fused-ring (bicyclic) bond motifs is 1. The first kappa shape index (κ1) is 5.48. The van der Waals surface area contributed by atoms with Gasteiger partial charge in [0.05, 0.1) is 27.1 Å². The Labute approximate surface area is 156 Å². The van der Waals surface area contributed by atoms with Gasteiger partial charge < -0.3 is 14.8 Å². The first-order valence-corrected chi connectivity index (χ1v) is 6.23. The Morgan fingerprint density at radius 2 is 2.70 bits per heavy atom. The third-order valence-electron chi connectivity index (χ3n) is 2.93. The summed E-state index contributed by atoms with van der Waals surface area (Å²) in [5.74, 6) is -6.64. The van der Waals surface area contributed by atoms with Crippen molar-refractivity contribution in [2.45, 2.75) is 25.7 Å². The summed E-state index contributed by atoms with van der Waals surface area (Å²) in [6, 6.07) is -3.69. The van der Waals surface area contributed by atoms with Crippen molar-refractivity contribution in [3.05, 3.63) is 18.5 Å². The molecule has 3 heterocycles. The first-order chi connectivity index (χ1) is 16.9. The molecule has 23 heavy (non-hydrogen) atoms. The number of hydrogen-bond acceptors (Lipinski definition) is 5. The van der Waals surface area contributed by atoms with Crippen LogP contribution < -0.4 is 4.90 Å². The predicted molar refractivity (Wildman–Crippen MR) is 86.7 cm³/mol. The molecule has 1 saturated heterocycles. The zero-order valence-corrected chi connectivity index (χ0v) is 11.7. The number of H-pyrrole nitrogens is 1. The highest BCUT2D eigenvalue weighted by Gasteiger charge is 2.32. The molecule has 1 amide bonds. The van der Waals surface area contributed by atoms with E-state index in [0.717, 1.165) is 12.4 Å². The fourth-order valence-corrected chi connectivity index (χ4v) is 1.85. The molecule has 0 spiro atoms. The summed E-state index contributed by atoms with van der Waals surface area (Å²) in [5.41, 5.74) is -0.307. The van der Waals surface area contributed by atoms with E-state index in [1.165, 1.54) is 0 Å². The zero-order valence-electron chi connectivity index (χ0n) is 26.7. The van der Waals surface area contributed by atoms with Crippen LogP contribution in [0.1, 0.15) is 40.2 Å². The summed E-state index contributed by atoms with van der Waals surface area (Å²) in [7, 11) is 0. The van der Waals surface area contributed by atoms with Crippen molar-refractivity contribution in [2.75, 3.05) is 24.9 Å². The summed E-state index contributed by atoms with van der Waals surface area (Å²) in [5, 5.41) is 8.58. The number of carbonyl (C=O) groups is 1. The maximum atomic E-state index is 13.0. The maximum Gasteiger partial charge on any atom is 0.236 e. The second-order valence-electron chi connectivity index (χ2n) is 4.33. The fraction of sp³-hybridized carbons (Fsp3) is 0.500. The first-order valence-electron chi connectivity index (χ1n) is 13.7. The Morgan fingerprint density at radius 1 is 1.83 bits per heavy atom. The van der Waals surface area contributed by atoms with Crippen molar-refractivity contribution < 1.29 is 25.4 Å². The second-order valence-corrected chi connectivity index (χ2v) is 4.33. The lowest BCUT2D eigenvalue weighted by molar-refractivity contribution is -0.131. The number of likely N-dealkylation sites (N-methyl/N-ethyl adjacent to an activating group) is 1. The molecule has 2 aromatic heterocycles. The molecule has 0 radical (unpaired) electrons. The molecular weight excluding hydrogens is 292 g/mol. The van der Waals surface area contributed by atoms with E-state index in [2.05, 4.69) is 15.0 Å². The van der Waals surface area contributed by atoms with Crippen LogP contribution in [0.3, 0.4) is 0 Å². The summed E-state index contributed by atoms with van der Waals surface area (Å²) in [4.78, 5) is 22.0. The number of rotatable bonds is 3. The lowest BCUT2D eigenvalue weighted by Gasteiger charge is -2.42. The van der Waals surface area contributed by atoms with E-state index in [1.807, 2.05) is 0 Å². The number of nitrogens with zero attached hydrogens (tertiary/aromatic N) is 5. The molecule has 7 heteroatoms. The number of aromatic nitrogens is 3. The topological polar surface area (TPSA) is 88.9 Å². The Morgan fingerprint density at radius 3 is 3.48 bits per heavy atom. The van der Waals surface area contributed by atoms with E-state index < -0.39 is 78.9 Å². The molecule has 1 aliphatic heterocycles. The molecule has 0 aromatic carbocycles. The number of aromatic amines is 1. The summed E-state index contributed by atoms with van der Waals surface area (Å²) in [6.45, 7) is -11.1. The standard InChI is InChI=1S/C16H20N6O/c1-11-5-8-22(14(23)3-6-17)9-13(11)21(2)16-12-4-7-18-15(12)19-10-20-16/h4,7,10-11,13H,3,5,8-9H2,1-2H3,(H,18,19,20)/t11-,13+/m1/s1/i2D3,3D2,4D,5D2,7D,8D2,9D2,11D,13D. The minimum Gasteiger partial charge on any atom is -0.354 e. The molecule has 0 aliphatic carbocycles. The highest BCUT2D eigenvalue weighted by atomic mass is 16.2. The molecule has 1 fully saturated rings. The van der Waals surface area contributed by atoms with Crippen LogP contribution in [0.5, 0.6) is 0 Å². The highest BCUT2D eigenvalue weighted by molar-refractivity contribution is 5.87. The Bertz CT molecular complexity index is 1350. The number of carbonyl (C=O) groups excluding carboxylic acids is 1. The number of piperidine rings is 1. The van der Waals surface area contributed by atoms with Gasteiger partial charge in [0.15, 0.2) is 0 Å². The summed E-state index contributed by atoms with van der Waals surface area (Å²) >= 11 is 0. The molecule has 0 unspecified atom stereocenters. The van der Waals surface area contributed by atoms with E-state index in [1.54, 1.807) is 0 Å². The van der Waals surface area contributed by atoms with Crippen LogP contribution in [-0.2, 0) is 4.79 Å². The van der Waals surface area contributed by atoms with Gasteiger partial charge in [0.2, 0.25) is 5.91 Å². The number of nitriles is 1. The molecule has 3 rings (SSSR count). The molecule has 2 aromatic rings. The molecule has 120 valence electrons. The van der Waals surface area contributed by atoms with Gasteiger partial charge in [0.1, 0.15) is 24.2 Å². The number of anilines is 1. The van der Waals surface area contributed by atoms with Gasteiger partial charge in [-0.25, -0.2) is 9.97 Å². The second kappa shape index (κ2) is 6.24. The van der Waals surface area contributed by atoms with Gasteiger partial charge in [-0.15, -0.1) is 0 Å². The van der Waals surface area contributed by atoms with Crippen LogP contribution in [-0.4, -0.2) is 51.7 Å². The van der Waals surface area contributed by atoms with Gasteiger partial charge in [0.25, 0.3) is 0 Å². The van der Waals surface area contributed by atoms with Gasteiger partial charge in [0, 0.05) is 37.1 Å². The molecule has 0 saturated carbocycles. The van der Waals surface area contributed by atoms with E-state index in [-0.39, 0.29) is 10.5 Å². The van der Waals surface area contributed by atoms with Gasteiger partial charge in [-0.1, -0.05) is 6.92 Å². The third kappa shape index (κ3) is 2.84. The van der Waals surface area contributed by atoms with Gasteiger partial charge in [-0.2, -0.15) is 5.26 Å². The molecule has 0 bridgehead atoms. The monoisotopic (exact) mass is 327 g/mol. The molecule has 1 aliphatic rings. The molecule has 7 nitrogen and oxygen atoms in total. The van der Waals surface area contributed by atoms with Crippen LogP contribution in [0.2, 0.25) is 0 Å². The summed E-state index contributed by atoms with van der Waals surface area (Å²) < 4.78 is 124. The van der Waals surface area contributed by atoms with Crippen LogP contribution in [0.15, 0.2) is 18.5 Å². The van der Waals surface area contributed by atoms with Crippen molar-refractivity contribution >= 4 is 22.8 Å². The van der Waals surface area contributed by atoms with Gasteiger partial charge >= 0.3 is 0 Å². The van der Waals surface area contributed by atoms with Crippen LogP contribution in [0, 0.1) is 17.2 Å². The van der Waals surface area contributed by atoms with E-state index in [4.69, 9.17) is 25.8 Å². The lowest BCUT2D eigenvalue weighted by Crippen LogP contribution is -2.52. The molecular formula is C16H20N6O. The number of hydrogen-bond donors (Lipinski definition) is 1. The number of nitrogens with one attached hydrogen (secondary N) is 1. The zero-order chi connectivity index (χ0) is 29.7. The van der Waals surface area contributed by atoms with Gasteiger partial charge in [-0.3, -0.25) is 4.79 Å². The quantitative estimate of drug-likeness (QED) is 0.924. The minimum atomic E-state index is -4.06. The largest absolute Gasteiger partial charge is 0.354 e. The Balaban J connectivity index is 2.55. The smallest absolute Gasteiger partial charge is 0.236 e.